The molecule has 0 amide bonds. The van der Waals surface area contributed by atoms with Crippen molar-refractivity contribution in [3.63, 3.8) is 0 Å². The highest BCUT2D eigenvalue weighted by atomic mass is 16.5. The van der Waals surface area contributed by atoms with Gasteiger partial charge in [0.05, 0.1) is 31.7 Å². The van der Waals surface area contributed by atoms with Crippen molar-refractivity contribution in [2.45, 2.75) is 13.8 Å². The van der Waals surface area contributed by atoms with Crippen LogP contribution in [0.3, 0.4) is 0 Å². The third-order valence-electron chi connectivity index (χ3n) is 4.46. The number of morpholine rings is 1. The number of imidazole rings is 1. The van der Waals surface area contributed by atoms with Crippen LogP contribution in [0.2, 0.25) is 0 Å². The van der Waals surface area contributed by atoms with Gasteiger partial charge in [-0.15, -0.1) is 0 Å². The fourth-order valence-corrected chi connectivity index (χ4v) is 3.16. The van der Waals surface area contributed by atoms with Crippen molar-refractivity contribution in [3.05, 3.63) is 42.9 Å². The molecular weight excluding hydrogens is 328 g/mol. The second-order valence-electron chi connectivity index (χ2n) is 6.89. The second kappa shape index (κ2) is 7.33. The zero-order chi connectivity index (χ0) is 17.9. The van der Waals surface area contributed by atoms with Gasteiger partial charge in [0.2, 0.25) is 0 Å². The Kier molecular flexibility index (Phi) is 4.75. The number of rotatable bonds is 5. The molecule has 1 fully saturated rings. The monoisotopic (exact) mass is 352 g/mol. The van der Waals surface area contributed by atoms with Crippen LogP contribution in [0.15, 0.2) is 42.9 Å². The van der Waals surface area contributed by atoms with Crippen molar-refractivity contribution >= 4 is 11.5 Å². The van der Waals surface area contributed by atoms with Crippen LogP contribution in [0.25, 0.3) is 16.9 Å². The smallest absolute Gasteiger partial charge is 0.180 e. The van der Waals surface area contributed by atoms with E-state index >= 15 is 0 Å². The van der Waals surface area contributed by atoms with Crippen LogP contribution in [0.4, 0.5) is 5.82 Å². The van der Waals surface area contributed by atoms with Crippen LogP contribution in [-0.4, -0.2) is 47.3 Å². The molecule has 0 atom stereocenters. The minimum atomic E-state index is 0.474. The lowest BCUT2D eigenvalue weighted by molar-refractivity contribution is 0.122. The van der Waals surface area contributed by atoms with E-state index in [0.717, 1.165) is 54.8 Å². The summed E-state index contributed by atoms with van der Waals surface area (Å²) < 4.78 is 13.6. The van der Waals surface area contributed by atoms with E-state index in [4.69, 9.17) is 9.47 Å². The van der Waals surface area contributed by atoms with E-state index in [2.05, 4.69) is 39.2 Å². The number of anilines is 1. The lowest BCUT2D eigenvalue weighted by atomic mass is 10.1. The summed E-state index contributed by atoms with van der Waals surface area (Å²) in [6.07, 6.45) is 5.69. The molecule has 0 aliphatic carbocycles. The van der Waals surface area contributed by atoms with E-state index in [1.807, 2.05) is 36.8 Å². The molecule has 1 aliphatic rings. The molecule has 0 bridgehead atoms. The Bertz CT molecular complexity index is 884. The molecule has 6 heteroatoms. The van der Waals surface area contributed by atoms with Crippen molar-refractivity contribution in [1.29, 1.82) is 0 Å². The zero-order valence-corrected chi connectivity index (χ0v) is 15.3. The third kappa shape index (κ3) is 3.24. The summed E-state index contributed by atoms with van der Waals surface area (Å²) in [6.45, 7) is 8.11. The Labute approximate surface area is 153 Å². The third-order valence-corrected chi connectivity index (χ3v) is 4.46. The summed E-state index contributed by atoms with van der Waals surface area (Å²) in [6, 6.07) is 8.12. The Hall–Kier alpha value is -2.60. The minimum absolute atomic E-state index is 0.474. The van der Waals surface area contributed by atoms with Gasteiger partial charge in [0.25, 0.3) is 0 Å². The predicted molar refractivity (Wildman–Crippen MR) is 102 cm³/mol. The van der Waals surface area contributed by atoms with Gasteiger partial charge >= 0.3 is 0 Å². The minimum Gasteiger partial charge on any atom is -0.493 e. The molecule has 0 radical (unpaired) electrons. The van der Waals surface area contributed by atoms with Gasteiger partial charge in [-0.3, -0.25) is 4.40 Å². The van der Waals surface area contributed by atoms with Gasteiger partial charge in [0.15, 0.2) is 11.5 Å². The number of ether oxygens (including phenoxy) is 2. The van der Waals surface area contributed by atoms with Crippen LogP contribution < -0.4 is 9.64 Å². The van der Waals surface area contributed by atoms with Crippen molar-refractivity contribution in [2.75, 3.05) is 37.8 Å². The van der Waals surface area contributed by atoms with Gasteiger partial charge in [0.1, 0.15) is 5.75 Å². The highest BCUT2D eigenvalue weighted by Gasteiger charge is 2.19. The van der Waals surface area contributed by atoms with Crippen LogP contribution in [0.5, 0.6) is 5.75 Å². The molecule has 4 rings (SSSR count). The summed E-state index contributed by atoms with van der Waals surface area (Å²) in [4.78, 5) is 11.5. The number of hydrogen-bond acceptors (Lipinski definition) is 5. The van der Waals surface area contributed by atoms with Gasteiger partial charge in [0, 0.05) is 31.0 Å². The first kappa shape index (κ1) is 16.8. The molecule has 1 aromatic carbocycles. The SMILES string of the molecule is CC(C)COc1ccccc1-c1cnc2c(N3CCOCC3)nccn12. The molecule has 26 heavy (non-hydrogen) atoms. The van der Waals surface area contributed by atoms with Crippen LogP contribution in [-0.2, 0) is 4.74 Å². The molecule has 3 heterocycles. The molecule has 0 saturated carbocycles. The van der Waals surface area contributed by atoms with E-state index in [-0.39, 0.29) is 0 Å². The molecule has 136 valence electrons. The number of aromatic nitrogens is 3. The van der Waals surface area contributed by atoms with Crippen LogP contribution in [0.1, 0.15) is 13.8 Å². The molecular formula is C20H24N4O2. The summed E-state index contributed by atoms with van der Waals surface area (Å²) in [5.74, 6) is 2.26. The van der Waals surface area contributed by atoms with Gasteiger partial charge in [-0.2, -0.15) is 0 Å². The van der Waals surface area contributed by atoms with E-state index in [9.17, 15) is 0 Å². The van der Waals surface area contributed by atoms with Gasteiger partial charge in [-0.05, 0) is 18.1 Å². The van der Waals surface area contributed by atoms with E-state index < -0.39 is 0 Å². The van der Waals surface area contributed by atoms with Crippen molar-refractivity contribution in [3.8, 4) is 17.0 Å². The molecule has 0 N–H and O–H groups in total. The Morgan fingerprint density at radius 1 is 1.15 bits per heavy atom. The molecule has 6 nitrogen and oxygen atoms in total. The topological polar surface area (TPSA) is 51.9 Å². The molecule has 0 spiro atoms. The van der Waals surface area contributed by atoms with Gasteiger partial charge in [-0.1, -0.05) is 26.0 Å². The molecule has 1 aliphatic heterocycles. The van der Waals surface area contributed by atoms with E-state index in [1.165, 1.54) is 0 Å². The Morgan fingerprint density at radius 3 is 2.77 bits per heavy atom. The summed E-state index contributed by atoms with van der Waals surface area (Å²) in [5.41, 5.74) is 2.92. The summed E-state index contributed by atoms with van der Waals surface area (Å²) in [7, 11) is 0. The fraction of sp³-hybridized carbons (Fsp3) is 0.400. The lowest BCUT2D eigenvalue weighted by Gasteiger charge is -2.27. The normalized spacial score (nSPS) is 15.0. The van der Waals surface area contributed by atoms with E-state index in [1.54, 1.807) is 0 Å². The molecule has 2 aromatic heterocycles. The summed E-state index contributed by atoms with van der Waals surface area (Å²) in [5, 5.41) is 0. The van der Waals surface area contributed by atoms with Crippen molar-refractivity contribution < 1.29 is 9.47 Å². The second-order valence-corrected chi connectivity index (χ2v) is 6.89. The zero-order valence-electron chi connectivity index (χ0n) is 15.3. The first-order valence-corrected chi connectivity index (χ1v) is 9.11. The number of hydrogen-bond donors (Lipinski definition) is 0. The molecule has 0 unspecified atom stereocenters. The van der Waals surface area contributed by atoms with Crippen molar-refractivity contribution in [2.24, 2.45) is 5.92 Å². The van der Waals surface area contributed by atoms with E-state index in [0.29, 0.717) is 12.5 Å². The first-order valence-electron chi connectivity index (χ1n) is 9.11. The Morgan fingerprint density at radius 2 is 1.96 bits per heavy atom. The largest absolute Gasteiger partial charge is 0.493 e. The number of fused-ring (bicyclic) bond motifs is 1. The van der Waals surface area contributed by atoms with Crippen LogP contribution in [0, 0.1) is 5.92 Å². The molecule has 1 saturated heterocycles. The van der Waals surface area contributed by atoms with Gasteiger partial charge < -0.3 is 14.4 Å². The number of para-hydroxylation sites is 1. The quantitative estimate of drug-likeness (QED) is 0.705. The fourth-order valence-electron chi connectivity index (χ4n) is 3.16. The average molecular weight is 352 g/mol. The Balaban J connectivity index is 1.74. The highest BCUT2D eigenvalue weighted by Crippen LogP contribution is 2.32. The standard InChI is InChI=1S/C20H24N4O2/c1-15(2)14-26-18-6-4-3-5-16(18)17-13-22-20-19(21-7-8-24(17)20)23-9-11-25-12-10-23/h3-8,13,15H,9-12,14H2,1-2H3. The van der Waals surface area contributed by atoms with Crippen molar-refractivity contribution in [1.82, 2.24) is 14.4 Å². The maximum absolute atomic E-state index is 6.03. The highest BCUT2D eigenvalue weighted by molar-refractivity contribution is 5.74. The average Bonchev–Trinajstić information content (AvgIpc) is 3.11. The number of nitrogens with zero attached hydrogens (tertiary/aromatic N) is 4. The maximum atomic E-state index is 6.03. The maximum Gasteiger partial charge on any atom is 0.180 e. The molecule has 3 aromatic rings. The summed E-state index contributed by atoms with van der Waals surface area (Å²) >= 11 is 0. The number of benzene rings is 1. The van der Waals surface area contributed by atoms with Crippen LogP contribution >= 0.6 is 0 Å². The lowest BCUT2D eigenvalue weighted by Crippen LogP contribution is -2.37. The van der Waals surface area contributed by atoms with Gasteiger partial charge in [-0.25, -0.2) is 9.97 Å². The predicted octanol–water partition coefficient (Wildman–Crippen LogP) is 3.27. The first-order chi connectivity index (χ1) is 12.7.